The highest BCUT2D eigenvalue weighted by Crippen LogP contribution is 2.02. The molecule has 0 bridgehead atoms. The van der Waals surface area contributed by atoms with Crippen LogP contribution >= 0.6 is 0 Å². The maximum atomic E-state index is 10.9. The molecular formula is C9H13O4. The first-order valence-corrected chi connectivity index (χ1v) is 4.05. The Morgan fingerprint density at radius 1 is 1.15 bits per heavy atom. The van der Waals surface area contributed by atoms with Gasteiger partial charge in [-0.3, -0.25) is 4.79 Å². The van der Waals surface area contributed by atoms with Crippen molar-refractivity contribution in [2.45, 2.75) is 20.3 Å². The summed E-state index contributed by atoms with van der Waals surface area (Å²) in [6, 6.07) is 0. The first-order valence-electron chi connectivity index (χ1n) is 4.05. The number of carbonyl (C=O) groups excluding carboxylic acids is 2. The Hall–Kier alpha value is -1.32. The number of hydrogen-bond acceptors (Lipinski definition) is 4. The van der Waals surface area contributed by atoms with E-state index in [1.54, 1.807) is 13.8 Å². The van der Waals surface area contributed by atoms with Crippen molar-refractivity contribution in [2.75, 3.05) is 13.2 Å². The summed E-state index contributed by atoms with van der Waals surface area (Å²) < 4.78 is 9.17. The largest absolute Gasteiger partial charge is 0.466 e. The molecule has 0 fully saturated rings. The predicted molar refractivity (Wildman–Crippen MR) is 45.7 cm³/mol. The number of rotatable bonds is 5. The van der Waals surface area contributed by atoms with Gasteiger partial charge in [0.2, 0.25) is 0 Å². The molecule has 0 amide bonds. The minimum atomic E-state index is -0.657. The van der Waals surface area contributed by atoms with Crippen LogP contribution in [0.25, 0.3) is 0 Å². The Morgan fingerprint density at radius 2 is 1.69 bits per heavy atom. The molecule has 0 atom stereocenters. The maximum Gasteiger partial charge on any atom is 0.334 e. The van der Waals surface area contributed by atoms with Crippen LogP contribution in [0, 0.1) is 6.58 Å². The highest BCUT2D eigenvalue weighted by molar-refractivity contribution is 5.92. The van der Waals surface area contributed by atoms with Crippen LogP contribution < -0.4 is 0 Å². The van der Waals surface area contributed by atoms with E-state index in [0.717, 1.165) is 0 Å². The molecule has 0 aliphatic rings. The lowest BCUT2D eigenvalue weighted by atomic mass is 10.2. The summed E-state index contributed by atoms with van der Waals surface area (Å²) in [7, 11) is 0. The fourth-order valence-electron chi connectivity index (χ4n) is 0.663. The number of ether oxygens (including phenoxy) is 2. The minimum absolute atomic E-state index is 0.125. The molecule has 0 aliphatic heterocycles. The fraction of sp³-hybridized carbons (Fsp3) is 0.556. The van der Waals surface area contributed by atoms with E-state index >= 15 is 0 Å². The second-order valence-corrected chi connectivity index (χ2v) is 2.23. The standard InChI is InChI=1S/C9H13O4/c1-4-12-8(10)6-7(3)9(11)13-5-2/h3H,4-6H2,1-2H3. The SMILES string of the molecule is [CH]=C(CC(=O)OCC)C(=O)OCC. The van der Waals surface area contributed by atoms with E-state index in [0.29, 0.717) is 0 Å². The molecular weight excluding hydrogens is 172 g/mol. The second kappa shape index (κ2) is 6.22. The maximum absolute atomic E-state index is 10.9. The predicted octanol–water partition coefficient (Wildman–Crippen LogP) is 0.862. The van der Waals surface area contributed by atoms with E-state index in [9.17, 15) is 9.59 Å². The second-order valence-electron chi connectivity index (χ2n) is 2.23. The van der Waals surface area contributed by atoms with Gasteiger partial charge in [0.1, 0.15) is 0 Å². The van der Waals surface area contributed by atoms with Crippen LogP contribution in [0.1, 0.15) is 20.3 Å². The van der Waals surface area contributed by atoms with Crippen molar-refractivity contribution in [3.8, 4) is 0 Å². The van der Waals surface area contributed by atoms with Crippen molar-refractivity contribution in [1.29, 1.82) is 0 Å². The molecule has 0 saturated heterocycles. The normalized spacial score (nSPS) is 9.08. The van der Waals surface area contributed by atoms with E-state index in [2.05, 4.69) is 9.47 Å². The highest BCUT2D eigenvalue weighted by Gasteiger charge is 2.12. The van der Waals surface area contributed by atoms with Crippen LogP contribution in [-0.2, 0) is 19.1 Å². The highest BCUT2D eigenvalue weighted by atomic mass is 16.5. The van der Waals surface area contributed by atoms with E-state index in [1.807, 2.05) is 0 Å². The first kappa shape index (κ1) is 11.7. The average molecular weight is 185 g/mol. The quantitative estimate of drug-likeness (QED) is 0.471. The minimum Gasteiger partial charge on any atom is -0.466 e. The Bertz CT molecular complexity index is 208. The molecule has 1 radical (unpaired) electrons. The van der Waals surface area contributed by atoms with Crippen LogP contribution in [0.3, 0.4) is 0 Å². The summed E-state index contributed by atoms with van der Waals surface area (Å²) in [5, 5.41) is 0. The Morgan fingerprint density at radius 3 is 2.15 bits per heavy atom. The van der Waals surface area contributed by atoms with Gasteiger partial charge in [-0.15, -0.1) is 0 Å². The third kappa shape index (κ3) is 5.00. The van der Waals surface area contributed by atoms with Gasteiger partial charge in [-0.25, -0.2) is 4.79 Å². The van der Waals surface area contributed by atoms with Crippen LogP contribution in [0.5, 0.6) is 0 Å². The third-order valence-electron chi connectivity index (χ3n) is 1.18. The number of carbonyl (C=O) groups is 2. The van der Waals surface area contributed by atoms with Gasteiger partial charge in [0.15, 0.2) is 0 Å². The smallest absolute Gasteiger partial charge is 0.334 e. The van der Waals surface area contributed by atoms with E-state index in [4.69, 9.17) is 6.58 Å². The molecule has 0 aromatic carbocycles. The Labute approximate surface area is 77.5 Å². The number of esters is 2. The van der Waals surface area contributed by atoms with E-state index in [-0.39, 0.29) is 25.2 Å². The van der Waals surface area contributed by atoms with Gasteiger partial charge >= 0.3 is 11.9 Å². The van der Waals surface area contributed by atoms with Crippen molar-refractivity contribution in [3.05, 3.63) is 12.2 Å². The molecule has 4 heteroatoms. The Balaban J connectivity index is 3.86. The lowest BCUT2D eigenvalue weighted by Gasteiger charge is -2.04. The van der Waals surface area contributed by atoms with Gasteiger partial charge in [0, 0.05) is 5.57 Å². The summed E-state index contributed by atoms with van der Waals surface area (Å²) in [4.78, 5) is 21.7. The van der Waals surface area contributed by atoms with Gasteiger partial charge in [-0.05, 0) is 13.8 Å². The summed E-state index contributed by atoms with van der Waals surface area (Å²) in [6.45, 7) is 9.13. The monoisotopic (exact) mass is 185 g/mol. The molecule has 13 heavy (non-hydrogen) atoms. The Kier molecular flexibility index (Phi) is 5.59. The average Bonchev–Trinajstić information content (AvgIpc) is 2.05. The molecule has 0 unspecified atom stereocenters. The molecule has 0 saturated carbocycles. The summed E-state index contributed by atoms with van der Waals surface area (Å²) >= 11 is 0. The molecule has 0 N–H and O–H groups in total. The van der Waals surface area contributed by atoms with E-state index in [1.165, 1.54) is 0 Å². The molecule has 0 rings (SSSR count). The molecule has 0 aromatic heterocycles. The molecule has 73 valence electrons. The summed E-state index contributed by atoms with van der Waals surface area (Å²) in [5.74, 6) is -1.18. The van der Waals surface area contributed by atoms with Gasteiger partial charge in [0.25, 0.3) is 0 Å². The van der Waals surface area contributed by atoms with Crippen LogP contribution in [0.2, 0.25) is 0 Å². The van der Waals surface area contributed by atoms with Crippen molar-refractivity contribution >= 4 is 11.9 Å². The van der Waals surface area contributed by atoms with Crippen molar-refractivity contribution in [3.63, 3.8) is 0 Å². The van der Waals surface area contributed by atoms with Crippen LogP contribution in [0.4, 0.5) is 0 Å². The summed E-state index contributed by atoms with van der Waals surface area (Å²) in [6.07, 6.45) is -0.216. The topological polar surface area (TPSA) is 52.6 Å². The molecule has 0 aliphatic carbocycles. The number of hydrogen-bond donors (Lipinski definition) is 0. The summed E-state index contributed by atoms with van der Waals surface area (Å²) in [5.41, 5.74) is -0.125. The van der Waals surface area contributed by atoms with Gasteiger partial charge < -0.3 is 9.47 Å². The van der Waals surface area contributed by atoms with E-state index < -0.39 is 11.9 Å². The first-order chi connectivity index (χ1) is 6.11. The fourth-order valence-corrected chi connectivity index (χ4v) is 0.663. The van der Waals surface area contributed by atoms with Crippen molar-refractivity contribution < 1.29 is 19.1 Å². The van der Waals surface area contributed by atoms with Crippen molar-refractivity contribution in [1.82, 2.24) is 0 Å². The lowest BCUT2D eigenvalue weighted by Crippen LogP contribution is -2.12. The third-order valence-corrected chi connectivity index (χ3v) is 1.18. The molecule has 0 aromatic rings. The van der Waals surface area contributed by atoms with Gasteiger partial charge in [0.05, 0.1) is 19.6 Å². The molecule has 0 spiro atoms. The van der Waals surface area contributed by atoms with Gasteiger partial charge in [-0.1, -0.05) is 6.58 Å². The zero-order valence-corrected chi connectivity index (χ0v) is 7.83. The van der Waals surface area contributed by atoms with Gasteiger partial charge in [-0.2, -0.15) is 0 Å². The van der Waals surface area contributed by atoms with Crippen LogP contribution in [-0.4, -0.2) is 25.2 Å². The van der Waals surface area contributed by atoms with Crippen LogP contribution in [0.15, 0.2) is 5.57 Å². The zero-order chi connectivity index (χ0) is 10.3. The van der Waals surface area contributed by atoms with Crippen molar-refractivity contribution in [2.24, 2.45) is 0 Å². The molecule has 4 nitrogen and oxygen atoms in total. The zero-order valence-electron chi connectivity index (χ0n) is 7.83. The lowest BCUT2D eigenvalue weighted by molar-refractivity contribution is -0.145. The molecule has 0 heterocycles.